The molecule has 1 aromatic carbocycles. The molecule has 2 rings (SSSR count). The highest BCUT2D eigenvalue weighted by atomic mass is 35.5. The number of hydrogen-bond acceptors (Lipinski definition) is 3. The minimum atomic E-state index is -0.790. The van der Waals surface area contributed by atoms with Crippen LogP contribution < -0.4 is 0 Å². The molecule has 1 fully saturated rings. The Morgan fingerprint density at radius 1 is 1.45 bits per heavy atom. The van der Waals surface area contributed by atoms with Crippen LogP contribution in [0.15, 0.2) is 18.2 Å². The van der Waals surface area contributed by atoms with E-state index in [1.165, 1.54) is 0 Å². The number of carbonyl (C=O) groups excluding carboxylic acids is 1. The summed E-state index contributed by atoms with van der Waals surface area (Å²) < 4.78 is 13.4. The number of alkyl halides is 1. The fraction of sp³-hybridized carbons (Fsp3) is 0.462. The summed E-state index contributed by atoms with van der Waals surface area (Å²) in [5, 5.41) is 10.7. The monoisotopic (exact) mass is 300 g/mol. The standard InChI is InChI=1S/C13H14ClFN2O3/c14-8-11-3-1-2-4-16(11)13(18)9-5-10(15)7-12(6-9)17(19)20/h5-7,11H,1-4,8H2. The van der Waals surface area contributed by atoms with E-state index < -0.39 is 22.3 Å². The maximum Gasteiger partial charge on any atom is 0.273 e. The van der Waals surface area contributed by atoms with Crippen molar-refractivity contribution in [2.24, 2.45) is 0 Å². The van der Waals surface area contributed by atoms with E-state index in [-0.39, 0.29) is 11.6 Å². The van der Waals surface area contributed by atoms with Crippen LogP contribution in [0.4, 0.5) is 10.1 Å². The number of nitrogens with zero attached hydrogens (tertiary/aromatic N) is 2. The van der Waals surface area contributed by atoms with E-state index in [0.29, 0.717) is 12.4 Å². The number of amides is 1. The Kier molecular flexibility index (Phi) is 4.54. The topological polar surface area (TPSA) is 63.4 Å². The van der Waals surface area contributed by atoms with E-state index in [9.17, 15) is 19.3 Å². The second kappa shape index (κ2) is 6.17. The Morgan fingerprint density at radius 2 is 2.20 bits per heavy atom. The van der Waals surface area contributed by atoms with Crippen LogP contribution in [0.3, 0.4) is 0 Å². The maximum absolute atomic E-state index is 13.4. The zero-order valence-corrected chi connectivity index (χ0v) is 11.5. The van der Waals surface area contributed by atoms with Crippen molar-refractivity contribution in [3.05, 3.63) is 39.7 Å². The normalized spacial score (nSPS) is 18.9. The highest BCUT2D eigenvalue weighted by Crippen LogP contribution is 2.23. The molecule has 1 aliphatic heterocycles. The number of likely N-dealkylation sites (tertiary alicyclic amines) is 1. The van der Waals surface area contributed by atoms with Crippen molar-refractivity contribution in [1.82, 2.24) is 4.90 Å². The Labute approximate surface area is 120 Å². The van der Waals surface area contributed by atoms with Crippen LogP contribution in [0.1, 0.15) is 29.6 Å². The zero-order chi connectivity index (χ0) is 14.7. The van der Waals surface area contributed by atoms with Crippen molar-refractivity contribution in [3.63, 3.8) is 0 Å². The molecule has 0 spiro atoms. The number of hydrogen-bond donors (Lipinski definition) is 0. The third-order valence-electron chi connectivity index (χ3n) is 3.41. The predicted octanol–water partition coefficient (Wildman–Crippen LogP) is 2.97. The summed E-state index contributed by atoms with van der Waals surface area (Å²) in [4.78, 5) is 24.0. The van der Waals surface area contributed by atoms with Gasteiger partial charge in [-0.3, -0.25) is 14.9 Å². The maximum atomic E-state index is 13.4. The lowest BCUT2D eigenvalue weighted by molar-refractivity contribution is -0.385. The summed E-state index contributed by atoms with van der Waals surface area (Å²) in [5.74, 6) is -0.886. The van der Waals surface area contributed by atoms with E-state index >= 15 is 0 Å². The van der Waals surface area contributed by atoms with Crippen molar-refractivity contribution >= 4 is 23.2 Å². The first-order chi connectivity index (χ1) is 9.52. The summed E-state index contributed by atoms with van der Waals surface area (Å²) in [6.07, 6.45) is 2.65. The molecule has 0 radical (unpaired) electrons. The quantitative estimate of drug-likeness (QED) is 0.490. The van der Waals surface area contributed by atoms with E-state index in [2.05, 4.69) is 0 Å². The molecule has 1 heterocycles. The smallest absolute Gasteiger partial charge is 0.273 e. The lowest BCUT2D eigenvalue weighted by Crippen LogP contribution is -2.44. The van der Waals surface area contributed by atoms with Crippen molar-refractivity contribution in [3.8, 4) is 0 Å². The van der Waals surface area contributed by atoms with E-state index in [1.54, 1.807) is 4.90 Å². The third-order valence-corrected chi connectivity index (χ3v) is 3.76. The Bertz CT molecular complexity index is 538. The number of rotatable bonds is 3. The molecule has 0 bridgehead atoms. The molecule has 0 aromatic heterocycles. The number of nitro groups is 1. The first kappa shape index (κ1) is 14.7. The molecule has 108 valence electrons. The van der Waals surface area contributed by atoms with Gasteiger partial charge in [0, 0.05) is 30.1 Å². The third kappa shape index (κ3) is 3.07. The highest BCUT2D eigenvalue weighted by Gasteiger charge is 2.28. The van der Waals surface area contributed by atoms with Gasteiger partial charge in [-0.1, -0.05) is 0 Å². The van der Waals surface area contributed by atoms with E-state index in [1.807, 2.05) is 0 Å². The minimum absolute atomic E-state index is 0.00582. The fourth-order valence-corrected chi connectivity index (χ4v) is 2.72. The summed E-state index contributed by atoms with van der Waals surface area (Å²) in [7, 11) is 0. The van der Waals surface area contributed by atoms with Gasteiger partial charge in [0.2, 0.25) is 0 Å². The molecule has 0 saturated carbocycles. The summed E-state index contributed by atoms with van der Waals surface area (Å²) in [6.45, 7) is 0.542. The van der Waals surface area contributed by atoms with Crippen LogP contribution in [-0.2, 0) is 0 Å². The number of non-ortho nitro benzene ring substituents is 1. The van der Waals surface area contributed by atoms with Gasteiger partial charge >= 0.3 is 0 Å². The van der Waals surface area contributed by atoms with Gasteiger partial charge in [0.05, 0.1) is 11.0 Å². The van der Waals surface area contributed by atoms with Gasteiger partial charge in [-0.05, 0) is 25.3 Å². The first-order valence-corrected chi connectivity index (χ1v) is 6.88. The van der Waals surface area contributed by atoms with Gasteiger partial charge in [0.15, 0.2) is 0 Å². The van der Waals surface area contributed by atoms with E-state index in [0.717, 1.165) is 37.5 Å². The average molecular weight is 301 g/mol. The molecule has 0 aliphatic carbocycles. The lowest BCUT2D eigenvalue weighted by Gasteiger charge is -2.34. The summed E-state index contributed by atoms with van der Waals surface area (Å²) >= 11 is 5.84. The molecular formula is C13H14ClFN2O3. The van der Waals surface area contributed by atoms with Gasteiger partial charge in [0.1, 0.15) is 5.82 Å². The van der Waals surface area contributed by atoms with Gasteiger partial charge in [-0.15, -0.1) is 11.6 Å². The molecule has 1 saturated heterocycles. The van der Waals surface area contributed by atoms with Gasteiger partial charge in [0.25, 0.3) is 11.6 Å². The van der Waals surface area contributed by atoms with E-state index in [4.69, 9.17) is 11.6 Å². The van der Waals surface area contributed by atoms with Crippen molar-refractivity contribution in [1.29, 1.82) is 0 Å². The fourth-order valence-electron chi connectivity index (χ4n) is 2.40. The van der Waals surface area contributed by atoms with Crippen LogP contribution in [0.5, 0.6) is 0 Å². The highest BCUT2D eigenvalue weighted by molar-refractivity contribution is 6.18. The molecular weight excluding hydrogens is 287 g/mol. The van der Waals surface area contributed by atoms with Crippen LogP contribution in [0, 0.1) is 15.9 Å². The molecule has 1 amide bonds. The van der Waals surface area contributed by atoms with Crippen LogP contribution in [0.25, 0.3) is 0 Å². The van der Waals surface area contributed by atoms with Crippen LogP contribution in [-0.4, -0.2) is 34.2 Å². The number of piperidine rings is 1. The Morgan fingerprint density at radius 3 is 2.85 bits per heavy atom. The molecule has 1 aromatic rings. The van der Waals surface area contributed by atoms with Crippen LogP contribution in [0.2, 0.25) is 0 Å². The second-order valence-corrected chi connectivity index (χ2v) is 5.07. The second-order valence-electron chi connectivity index (χ2n) is 4.76. The molecule has 1 atom stereocenters. The van der Waals surface area contributed by atoms with Crippen molar-refractivity contribution in [2.75, 3.05) is 12.4 Å². The molecule has 7 heteroatoms. The molecule has 0 N–H and O–H groups in total. The number of benzene rings is 1. The van der Waals surface area contributed by atoms with Gasteiger partial charge in [-0.25, -0.2) is 4.39 Å². The first-order valence-electron chi connectivity index (χ1n) is 6.35. The molecule has 5 nitrogen and oxygen atoms in total. The SMILES string of the molecule is O=C(c1cc(F)cc([N+](=O)[O-])c1)N1CCCCC1CCl. The summed E-state index contributed by atoms with van der Waals surface area (Å²) in [5.41, 5.74) is -0.429. The number of carbonyl (C=O) groups is 1. The average Bonchev–Trinajstić information content (AvgIpc) is 2.45. The van der Waals surface area contributed by atoms with Crippen LogP contribution >= 0.6 is 11.6 Å². The number of nitro benzene ring substituents is 1. The van der Waals surface area contributed by atoms with Crippen molar-refractivity contribution in [2.45, 2.75) is 25.3 Å². The zero-order valence-electron chi connectivity index (χ0n) is 10.7. The van der Waals surface area contributed by atoms with Crippen molar-refractivity contribution < 1.29 is 14.1 Å². The largest absolute Gasteiger partial charge is 0.334 e. The summed E-state index contributed by atoms with van der Waals surface area (Å²) in [6, 6.07) is 2.83. The van der Waals surface area contributed by atoms with Gasteiger partial charge in [-0.2, -0.15) is 0 Å². The molecule has 1 aliphatic rings. The predicted molar refractivity (Wildman–Crippen MR) is 72.4 cm³/mol. The molecule has 20 heavy (non-hydrogen) atoms. The molecule has 1 unspecified atom stereocenters. The number of halogens is 2. The Hall–Kier alpha value is -1.69. The van der Waals surface area contributed by atoms with Gasteiger partial charge < -0.3 is 4.90 Å². The lowest BCUT2D eigenvalue weighted by atomic mass is 10.0. The minimum Gasteiger partial charge on any atom is -0.334 e. The Balaban J connectivity index is 2.30.